The molecule has 2 aliphatic rings. The molecule has 5 rings (SSSR count). The molecule has 0 amide bonds. The van der Waals surface area contributed by atoms with Crippen molar-refractivity contribution in [3.8, 4) is 11.3 Å². The topological polar surface area (TPSA) is 49.3 Å². The van der Waals surface area contributed by atoms with Crippen LogP contribution in [0, 0.1) is 12.7 Å². The first kappa shape index (κ1) is 20.2. The standard InChI is InChI=1S/C25H27FN4S/c1-16-11-20(21(26)14-22(16)30-25-27-9-4-10-28-25)13-24-29-23(15-31-24)19-8-7-17-5-2-3-6-18(17)12-19/h7-8,11-12,14-15H,2-6,9-10,13H2,1H3,(H2,27,28,30). The Balaban J connectivity index is 1.33. The van der Waals surface area contributed by atoms with Gasteiger partial charge in [0.25, 0.3) is 0 Å². The average molecular weight is 435 g/mol. The molecule has 3 aromatic rings. The Morgan fingerprint density at radius 3 is 2.81 bits per heavy atom. The first-order chi connectivity index (χ1) is 15.2. The molecule has 4 nitrogen and oxygen atoms in total. The van der Waals surface area contributed by atoms with Crippen molar-refractivity contribution < 1.29 is 4.39 Å². The minimum absolute atomic E-state index is 0.213. The number of hydrogen-bond acceptors (Lipinski definition) is 5. The maximum Gasteiger partial charge on any atom is 0.195 e. The van der Waals surface area contributed by atoms with Crippen LogP contribution in [0.5, 0.6) is 0 Å². The molecule has 2 N–H and O–H groups in total. The van der Waals surface area contributed by atoms with E-state index in [1.165, 1.54) is 36.0 Å². The van der Waals surface area contributed by atoms with Gasteiger partial charge in [0.2, 0.25) is 0 Å². The van der Waals surface area contributed by atoms with Crippen LogP contribution in [0.15, 0.2) is 40.7 Å². The van der Waals surface area contributed by atoms with E-state index in [-0.39, 0.29) is 5.82 Å². The second-order valence-corrected chi connectivity index (χ2v) is 9.33. The number of thiazole rings is 1. The SMILES string of the molecule is Cc1cc(Cc2nc(-c3ccc4c(c3)CCCC4)cs2)c(F)cc1NC1=NCCCN1. The van der Waals surface area contributed by atoms with E-state index >= 15 is 0 Å². The predicted octanol–water partition coefficient (Wildman–Crippen LogP) is 5.49. The summed E-state index contributed by atoms with van der Waals surface area (Å²) in [4.78, 5) is 9.23. The number of anilines is 1. The van der Waals surface area contributed by atoms with E-state index in [9.17, 15) is 4.39 Å². The van der Waals surface area contributed by atoms with Gasteiger partial charge in [-0.3, -0.25) is 4.99 Å². The second-order valence-electron chi connectivity index (χ2n) is 8.39. The number of nitrogens with one attached hydrogen (secondary N) is 2. The molecular weight excluding hydrogens is 407 g/mol. The third-order valence-corrected chi connectivity index (χ3v) is 6.93. The van der Waals surface area contributed by atoms with Crippen LogP contribution in [0.1, 0.15) is 46.5 Å². The normalized spacial score (nSPS) is 15.7. The zero-order valence-electron chi connectivity index (χ0n) is 17.8. The molecule has 31 heavy (non-hydrogen) atoms. The van der Waals surface area contributed by atoms with E-state index in [2.05, 4.69) is 39.2 Å². The fourth-order valence-corrected chi connectivity index (χ4v) is 5.16. The number of aryl methyl sites for hydroxylation is 3. The molecule has 0 fully saturated rings. The van der Waals surface area contributed by atoms with Crippen LogP contribution in [0.25, 0.3) is 11.3 Å². The highest BCUT2D eigenvalue weighted by Crippen LogP contribution is 2.30. The van der Waals surface area contributed by atoms with Crippen LogP contribution in [0.3, 0.4) is 0 Å². The quantitative estimate of drug-likeness (QED) is 0.571. The Kier molecular flexibility index (Phi) is 5.72. The second kappa shape index (κ2) is 8.79. The third-order valence-electron chi connectivity index (χ3n) is 6.08. The maximum atomic E-state index is 14.9. The minimum Gasteiger partial charge on any atom is -0.356 e. The van der Waals surface area contributed by atoms with Gasteiger partial charge in [-0.1, -0.05) is 18.2 Å². The van der Waals surface area contributed by atoms with Crippen LogP contribution < -0.4 is 10.6 Å². The molecule has 0 bridgehead atoms. The molecule has 1 aromatic heterocycles. The van der Waals surface area contributed by atoms with Crippen LogP contribution in [0.2, 0.25) is 0 Å². The first-order valence-electron chi connectivity index (χ1n) is 11.1. The predicted molar refractivity (Wildman–Crippen MR) is 127 cm³/mol. The number of benzene rings is 2. The number of rotatable bonds is 4. The lowest BCUT2D eigenvalue weighted by Crippen LogP contribution is -2.35. The Hall–Kier alpha value is -2.73. The number of aromatic nitrogens is 1. The molecule has 0 atom stereocenters. The van der Waals surface area contributed by atoms with Crippen LogP contribution in [-0.4, -0.2) is 24.0 Å². The summed E-state index contributed by atoms with van der Waals surface area (Å²) in [5.74, 6) is 0.506. The van der Waals surface area contributed by atoms with E-state index in [0.29, 0.717) is 12.0 Å². The summed E-state index contributed by atoms with van der Waals surface area (Å²) in [6.07, 6.45) is 6.43. The van der Waals surface area contributed by atoms with Gasteiger partial charge in [-0.05, 0) is 73.4 Å². The average Bonchev–Trinajstić information content (AvgIpc) is 3.26. The first-order valence-corrected chi connectivity index (χ1v) is 11.9. The van der Waals surface area contributed by atoms with Crippen LogP contribution in [-0.2, 0) is 19.3 Å². The number of hydrogen-bond donors (Lipinski definition) is 2. The van der Waals surface area contributed by atoms with Crippen molar-refractivity contribution in [2.75, 3.05) is 18.4 Å². The summed E-state index contributed by atoms with van der Waals surface area (Å²) in [5.41, 5.74) is 7.52. The Morgan fingerprint density at radius 2 is 1.97 bits per heavy atom. The molecule has 0 radical (unpaired) electrons. The van der Waals surface area contributed by atoms with Gasteiger partial charge < -0.3 is 10.6 Å². The summed E-state index contributed by atoms with van der Waals surface area (Å²) in [6, 6.07) is 10.2. The number of guanidine groups is 1. The lowest BCUT2D eigenvalue weighted by molar-refractivity contribution is 0.614. The van der Waals surface area contributed by atoms with Gasteiger partial charge in [0.15, 0.2) is 5.96 Å². The third kappa shape index (κ3) is 4.49. The Morgan fingerprint density at radius 1 is 1.10 bits per heavy atom. The Labute approximate surface area is 186 Å². The molecular formula is C25H27FN4S. The van der Waals surface area contributed by atoms with Gasteiger partial charge in [-0.25, -0.2) is 9.37 Å². The fraction of sp³-hybridized carbons (Fsp3) is 0.360. The molecule has 2 heterocycles. The van der Waals surface area contributed by atoms with Crippen molar-refractivity contribution >= 4 is 23.0 Å². The number of halogens is 1. The molecule has 0 saturated carbocycles. The van der Waals surface area contributed by atoms with Gasteiger partial charge >= 0.3 is 0 Å². The summed E-state index contributed by atoms with van der Waals surface area (Å²) < 4.78 is 14.9. The molecule has 160 valence electrons. The smallest absolute Gasteiger partial charge is 0.195 e. The summed E-state index contributed by atoms with van der Waals surface area (Å²) in [5, 5.41) is 9.46. The highest BCUT2D eigenvalue weighted by Gasteiger charge is 2.15. The van der Waals surface area contributed by atoms with Crippen molar-refractivity contribution in [2.24, 2.45) is 4.99 Å². The number of fused-ring (bicyclic) bond motifs is 1. The van der Waals surface area contributed by atoms with Gasteiger partial charge in [0, 0.05) is 36.1 Å². The molecule has 2 aromatic carbocycles. The fourth-order valence-electron chi connectivity index (χ4n) is 4.34. The van der Waals surface area contributed by atoms with E-state index in [1.807, 2.05) is 13.0 Å². The molecule has 6 heteroatoms. The van der Waals surface area contributed by atoms with E-state index in [1.54, 1.807) is 17.4 Å². The zero-order chi connectivity index (χ0) is 21.2. The van der Waals surface area contributed by atoms with Crippen molar-refractivity contribution in [3.63, 3.8) is 0 Å². The van der Waals surface area contributed by atoms with Gasteiger partial charge in [0.05, 0.1) is 10.7 Å². The summed E-state index contributed by atoms with van der Waals surface area (Å²) in [7, 11) is 0. The molecule has 1 aliphatic carbocycles. The zero-order valence-corrected chi connectivity index (χ0v) is 18.6. The van der Waals surface area contributed by atoms with Crippen molar-refractivity contribution in [1.82, 2.24) is 10.3 Å². The van der Waals surface area contributed by atoms with Gasteiger partial charge in [-0.15, -0.1) is 11.3 Å². The summed E-state index contributed by atoms with van der Waals surface area (Å²) >= 11 is 1.60. The van der Waals surface area contributed by atoms with Crippen molar-refractivity contribution in [1.29, 1.82) is 0 Å². The van der Waals surface area contributed by atoms with Crippen LogP contribution in [0.4, 0.5) is 10.1 Å². The van der Waals surface area contributed by atoms with Gasteiger partial charge in [0.1, 0.15) is 5.82 Å². The molecule has 1 aliphatic heterocycles. The lowest BCUT2D eigenvalue weighted by atomic mass is 9.90. The monoisotopic (exact) mass is 434 g/mol. The highest BCUT2D eigenvalue weighted by atomic mass is 32.1. The maximum absolute atomic E-state index is 14.9. The largest absolute Gasteiger partial charge is 0.356 e. The number of aliphatic imine (C=N–C) groups is 1. The van der Waals surface area contributed by atoms with Crippen molar-refractivity contribution in [3.05, 3.63) is 68.8 Å². The van der Waals surface area contributed by atoms with Crippen LogP contribution >= 0.6 is 11.3 Å². The summed E-state index contributed by atoms with van der Waals surface area (Å²) in [6.45, 7) is 3.68. The Bertz CT molecular complexity index is 1130. The van der Waals surface area contributed by atoms with E-state index in [0.717, 1.165) is 53.8 Å². The molecule has 0 unspecified atom stereocenters. The lowest BCUT2D eigenvalue weighted by Gasteiger charge is -2.18. The van der Waals surface area contributed by atoms with E-state index in [4.69, 9.17) is 4.98 Å². The minimum atomic E-state index is -0.213. The van der Waals surface area contributed by atoms with Gasteiger partial charge in [-0.2, -0.15) is 0 Å². The van der Waals surface area contributed by atoms with Crippen molar-refractivity contribution in [2.45, 2.75) is 45.4 Å². The van der Waals surface area contributed by atoms with E-state index < -0.39 is 0 Å². The highest BCUT2D eigenvalue weighted by molar-refractivity contribution is 7.10. The molecule has 0 spiro atoms. The molecule has 0 saturated heterocycles. The number of nitrogens with zero attached hydrogens (tertiary/aromatic N) is 2.